The summed E-state index contributed by atoms with van der Waals surface area (Å²) in [5.74, 6) is -0.727. The van der Waals surface area contributed by atoms with Gasteiger partial charge in [-0.1, -0.05) is 13.8 Å². The fourth-order valence-electron chi connectivity index (χ4n) is 3.37. The largest absolute Gasteiger partial charge is 0.478 e. The van der Waals surface area contributed by atoms with Gasteiger partial charge in [-0.3, -0.25) is 24.2 Å². The van der Waals surface area contributed by atoms with Crippen LogP contribution in [0.3, 0.4) is 0 Å². The lowest BCUT2D eigenvalue weighted by atomic mass is 9.89. The zero-order chi connectivity index (χ0) is 18.8. The van der Waals surface area contributed by atoms with Crippen molar-refractivity contribution in [3.8, 4) is 0 Å². The number of carbonyl (C=O) groups is 2. The molecule has 0 aromatic carbocycles. The van der Waals surface area contributed by atoms with Crippen molar-refractivity contribution in [2.24, 2.45) is 10.9 Å². The Balaban J connectivity index is 2.39. The first-order valence-electron chi connectivity index (χ1n) is 8.31. The van der Waals surface area contributed by atoms with Gasteiger partial charge >= 0.3 is 5.97 Å². The van der Waals surface area contributed by atoms with Gasteiger partial charge in [0.05, 0.1) is 11.8 Å². The first-order valence-corrected chi connectivity index (χ1v) is 8.31. The lowest BCUT2D eigenvalue weighted by molar-refractivity contribution is -0.677. The second kappa shape index (κ2) is 5.29. The highest BCUT2D eigenvalue weighted by Gasteiger charge is 2.55. The molecule has 1 atom stereocenters. The predicted molar refractivity (Wildman–Crippen MR) is 92.0 cm³/mol. The van der Waals surface area contributed by atoms with E-state index in [-0.39, 0.29) is 17.4 Å². The number of hydrogen-bond acceptors (Lipinski definition) is 4. The number of aromatic carboxylic acids is 1. The third kappa shape index (κ3) is 2.12. The van der Waals surface area contributed by atoms with Gasteiger partial charge in [-0.25, -0.2) is 4.79 Å². The maximum Gasteiger partial charge on any atom is 0.330 e. The van der Waals surface area contributed by atoms with E-state index in [0.717, 1.165) is 5.56 Å². The van der Waals surface area contributed by atoms with Crippen LogP contribution in [0, 0.1) is 26.1 Å². The summed E-state index contributed by atoms with van der Waals surface area (Å²) >= 11 is 0. The van der Waals surface area contributed by atoms with Crippen molar-refractivity contribution in [1.82, 2.24) is 9.80 Å². The molecule has 0 saturated carbocycles. The lowest BCUT2D eigenvalue weighted by Crippen LogP contribution is -2.56. The van der Waals surface area contributed by atoms with Crippen LogP contribution in [-0.4, -0.2) is 52.3 Å². The predicted octanol–water partition coefficient (Wildman–Crippen LogP) is 1.16. The number of aromatic nitrogens is 1. The summed E-state index contributed by atoms with van der Waals surface area (Å²) in [6.07, 6.45) is 2.47. The molecular formula is C18H24N4O3. The number of fused-ring (bicyclic) bond motifs is 3. The van der Waals surface area contributed by atoms with Gasteiger partial charge in [0.25, 0.3) is 5.91 Å². The Morgan fingerprint density at radius 3 is 2.48 bits per heavy atom. The zero-order valence-corrected chi connectivity index (χ0v) is 15.7. The molecule has 1 amide bonds. The van der Waals surface area contributed by atoms with E-state index in [9.17, 15) is 14.7 Å². The number of carboxylic acid groups (broad SMARTS) is 1. The van der Waals surface area contributed by atoms with Crippen LogP contribution in [0.2, 0.25) is 0 Å². The van der Waals surface area contributed by atoms with E-state index in [1.165, 1.54) is 0 Å². The second-order valence-corrected chi connectivity index (χ2v) is 7.41. The molecule has 1 aromatic heterocycles. The molecule has 1 unspecified atom stereocenters. The molecule has 0 spiro atoms. The molecule has 7 heteroatoms. The number of nitrogens with zero attached hydrogens (tertiary/aromatic N) is 4. The van der Waals surface area contributed by atoms with Crippen molar-refractivity contribution in [2.75, 3.05) is 14.1 Å². The highest BCUT2D eigenvalue weighted by Crippen LogP contribution is 2.38. The number of amidine groups is 1. The number of pyridine rings is 1. The number of carboxylic acids is 1. The molecule has 2 aliphatic heterocycles. The van der Waals surface area contributed by atoms with Crippen molar-refractivity contribution in [1.29, 1.82) is 0 Å². The Kier molecular flexibility index (Phi) is 3.69. The summed E-state index contributed by atoms with van der Waals surface area (Å²) in [5.41, 5.74) is 1.30. The summed E-state index contributed by atoms with van der Waals surface area (Å²) in [4.78, 5) is 33.3. The van der Waals surface area contributed by atoms with Gasteiger partial charge < -0.3 is 5.11 Å². The van der Waals surface area contributed by atoms with Crippen LogP contribution < -0.4 is 4.57 Å². The van der Waals surface area contributed by atoms with Gasteiger partial charge in [0.2, 0.25) is 6.29 Å². The quantitative estimate of drug-likeness (QED) is 0.659. The van der Waals surface area contributed by atoms with E-state index in [1.54, 1.807) is 16.4 Å². The van der Waals surface area contributed by atoms with E-state index < -0.39 is 11.5 Å². The van der Waals surface area contributed by atoms with E-state index in [1.807, 2.05) is 52.9 Å². The molecule has 25 heavy (non-hydrogen) atoms. The molecule has 2 aliphatic rings. The van der Waals surface area contributed by atoms with Crippen LogP contribution in [-0.2, 0) is 4.79 Å². The third-order valence-corrected chi connectivity index (χ3v) is 5.32. The van der Waals surface area contributed by atoms with Crippen molar-refractivity contribution in [3.05, 3.63) is 34.9 Å². The summed E-state index contributed by atoms with van der Waals surface area (Å²) in [7, 11) is 3.67. The summed E-state index contributed by atoms with van der Waals surface area (Å²) < 4.78 is 1.77. The molecule has 0 bridgehead atoms. The molecule has 1 aromatic rings. The molecule has 0 radical (unpaired) electrons. The molecule has 0 saturated heterocycles. The van der Waals surface area contributed by atoms with Crippen LogP contribution in [0.5, 0.6) is 0 Å². The molecular weight excluding hydrogens is 320 g/mol. The van der Waals surface area contributed by atoms with E-state index in [2.05, 4.69) is 0 Å². The number of hydrogen-bond donors (Lipinski definition) is 1. The van der Waals surface area contributed by atoms with Crippen LogP contribution in [0.15, 0.2) is 11.2 Å². The Hall–Kier alpha value is -2.41. The highest BCUT2D eigenvalue weighted by molar-refractivity contribution is 6.18. The average Bonchev–Trinajstić information content (AvgIpc) is 2.93. The maximum atomic E-state index is 13.2. The Morgan fingerprint density at radius 2 is 2.00 bits per heavy atom. The molecule has 0 aliphatic carbocycles. The molecule has 3 heterocycles. The smallest absolute Gasteiger partial charge is 0.330 e. The fraction of sp³-hybridized carbons (Fsp3) is 0.500. The summed E-state index contributed by atoms with van der Waals surface area (Å²) in [6, 6.07) is 0. The Morgan fingerprint density at radius 1 is 1.40 bits per heavy atom. The minimum absolute atomic E-state index is 0.00483. The van der Waals surface area contributed by atoms with Gasteiger partial charge in [0, 0.05) is 0 Å². The molecule has 1 N–H and O–H groups in total. The summed E-state index contributed by atoms with van der Waals surface area (Å²) in [5, 5.41) is 9.81. The minimum Gasteiger partial charge on any atom is -0.478 e. The average molecular weight is 344 g/mol. The van der Waals surface area contributed by atoms with Crippen molar-refractivity contribution < 1.29 is 19.3 Å². The number of rotatable bonds is 3. The zero-order valence-electron chi connectivity index (χ0n) is 15.7. The number of aliphatic imine (C=N–C) groups is 1. The van der Waals surface area contributed by atoms with Gasteiger partial charge in [0.15, 0.2) is 5.69 Å². The van der Waals surface area contributed by atoms with Crippen molar-refractivity contribution >= 4 is 17.7 Å². The molecule has 0 fully saturated rings. The standard InChI is InChI=1S/C18H24N4O3/c1-9(2)18(5)16(25)22-14(19-18)13-12(15(23)24)11(4)10(3)8-21(13)17(22)20(6)7/h8-9H,1-7H3,(H,23,24). The number of amides is 1. The van der Waals surface area contributed by atoms with Gasteiger partial charge in [-0.15, -0.1) is 0 Å². The van der Waals surface area contributed by atoms with Crippen molar-refractivity contribution in [3.63, 3.8) is 0 Å². The first-order chi connectivity index (χ1) is 11.5. The second-order valence-electron chi connectivity index (χ2n) is 7.41. The van der Waals surface area contributed by atoms with Crippen LogP contribution in [0.4, 0.5) is 0 Å². The first kappa shape index (κ1) is 17.4. The SMILES string of the molecule is Cc1c[n+]2c(c(C(=O)O)c1C)C1=NC(C)(C(C)C)C(=O)N1[C-]2N(C)C. The Bertz CT molecular complexity index is 828. The molecule has 3 rings (SSSR count). The maximum absolute atomic E-state index is 13.2. The molecule has 134 valence electrons. The Labute approximate surface area is 147 Å². The number of carbonyl (C=O) groups excluding carboxylic acids is 1. The van der Waals surface area contributed by atoms with Crippen LogP contribution >= 0.6 is 0 Å². The fourth-order valence-corrected chi connectivity index (χ4v) is 3.37. The van der Waals surface area contributed by atoms with E-state index >= 15 is 0 Å². The third-order valence-electron chi connectivity index (χ3n) is 5.32. The molecule has 7 nitrogen and oxygen atoms in total. The lowest BCUT2D eigenvalue weighted by Gasteiger charge is -2.31. The van der Waals surface area contributed by atoms with E-state index in [4.69, 9.17) is 4.99 Å². The van der Waals surface area contributed by atoms with Crippen molar-refractivity contribution in [2.45, 2.75) is 40.2 Å². The van der Waals surface area contributed by atoms with Crippen LogP contribution in [0.1, 0.15) is 48.0 Å². The topological polar surface area (TPSA) is 77.1 Å². The van der Waals surface area contributed by atoms with Gasteiger partial charge in [-0.05, 0) is 51.9 Å². The highest BCUT2D eigenvalue weighted by atomic mass is 16.4. The minimum atomic E-state index is -1.02. The van der Waals surface area contributed by atoms with Gasteiger partial charge in [-0.2, -0.15) is 0 Å². The van der Waals surface area contributed by atoms with Gasteiger partial charge in [0.1, 0.15) is 11.4 Å². The number of aryl methyl sites for hydroxylation is 1. The van der Waals surface area contributed by atoms with E-state index in [0.29, 0.717) is 23.4 Å². The normalized spacial score (nSPS) is 22.0. The monoisotopic (exact) mass is 344 g/mol. The van der Waals surface area contributed by atoms with Crippen LogP contribution in [0.25, 0.3) is 0 Å². The summed E-state index contributed by atoms with van der Waals surface area (Å²) in [6.45, 7) is 9.37.